The maximum atomic E-state index is 10.3. The van der Waals surface area contributed by atoms with Crippen LogP contribution in [0.25, 0.3) is 0 Å². The van der Waals surface area contributed by atoms with Crippen LogP contribution in [0.5, 0.6) is 11.5 Å². The molecule has 0 saturated heterocycles. The van der Waals surface area contributed by atoms with Crippen molar-refractivity contribution in [3.05, 3.63) is 23.8 Å². The molecule has 16 heavy (non-hydrogen) atoms. The summed E-state index contributed by atoms with van der Waals surface area (Å²) in [5.41, 5.74) is 0.386. The molecule has 0 aliphatic carbocycles. The number of hydrogen-bond donors (Lipinski definition) is 2. The van der Waals surface area contributed by atoms with Crippen molar-refractivity contribution in [2.24, 2.45) is 0 Å². The summed E-state index contributed by atoms with van der Waals surface area (Å²) in [6.07, 6.45) is -2.43. The van der Waals surface area contributed by atoms with E-state index in [9.17, 15) is 15.0 Å². The highest BCUT2D eigenvalue weighted by Gasteiger charge is 2.19. The van der Waals surface area contributed by atoms with Gasteiger partial charge in [0.05, 0.1) is 14.2 Å². The number of hydrogen-bond acceptors (Lipinski definition) is 5. The van der Waals surface area contributed by atoms with Crippen molar-refractivity contribution in [1.29, 1.82) is 0 Å². The van der Waals surface area contributed by atoms with Crippen molar-refractivity contribution < 1.29 is 24.5 Å². The number of methoxy groups -OCH3 is 2. The highest BCUT2D eigenvalue weighted by atomic mass is 16.5. The van der Waals surface area contributed by atoms with Gasteiger partial charge >= 0.3 is 0 Å². The van der Waals surface area contributed by atoms with E-state index in [4.69, 9.17) is 9.47 Å². The lowest BCUT2D eigenvalue weighted by Crippen LogP contribution is -2.19. The summed E-state index contributed by atoms with van der Waals surface area (Å²) in [6.45, 7) is 0. The fourth-order valence-corrected chi connectivity index (χ4v) is 1.31. The number of carbonyl (C=O) groups is 1. The molecule has 0 amide bonds. The molecular formula is C11H14O5. The lowest BCUT2D eigenvalue weighted by atomic mass is 10.0. The molecule has 0 fully saturated rings. The van der Waals surface area contributed by atoms with Crippen LogP contribution in [0.15, 0.2) is 18.2 Å². The first-order valence-corrected chi connectivity index (χ1v) is 4.67. The van der Waals surface area contributed by atoms with Crippen LogP contribution in [0, 0.1) is 0 Å². The van der Waals surface area contributed by atoms with Gasteiger partial charge in [-0.2, -0.15) is 0 Å². The quantitative estimate of drug-likeness (QED) is 0.706. The number of carbonyl (C=O) groups excluding carboxylic acids is 1. The van der Waals surface area contributed by atoms with Crippen LogP contribution in [0.2, 0.25) is 0 Å². The van der Waals surface area contributed by atoms with Gasteiger partial charge in [0.25, 0.3) is 0 Å². The predicted molar refractivity (Wildman–Crippen MR) is 56.6 cm³/mol. The van der Waals surface area contributed by atoms with Crippen molar-refractivity contribution in [3.8, 4) is 11.5 Å². The van der Waals surface area contributed by atoms with E-state index < -0.39 is 12.2 Å². The van der Waals surface area contributed by atoms with Crippen LogP contribution in [0.4, 0.5) is 0 Å². The molecule has 0 unspecified atom stereocenters. The summed E-state index contributed by atoms with van der Waals surface area (Å²) in [4.78, 5) is 10.3. The Morgan fingerprint density at radius 3 is 2.31 bits per heavy atom. The van der Waals surface area contributed by atoms with Gasteiger partial charge in [-0.05, 0) is 17.7 Å². The van der Waals surface area contributed by atoms with Crippen LogP contribution in [0.3, 0.4) is 0 Å². The van der Waals surface area contributed by atoms with Crippen molar-refractivity contribution in [2.45, 2.75) is 12.2 Å². The molecule has 2 N–H and O–H groups in total. The maximum absolute atomic E-state index is 10.3. The summed E-state index contributed by atoms with van der Waals surface area (Å²) >= 11 is 0. The molecule has 0 heterocycles. The molecule has 0 bridgehead atoms. The van der Waals surface area contributed by atoms with Crippen molar-refractivity contribution in [1.82, 2.24) is 0 Å². The number of ether oxygens (including phenoxy) is 2. The van der Waals surface area contributed by atoms with Gasteiger partial charge in [-0.15, -0.1) is 0 Å². The third-order valence-electron chi connectivity index (χ3n) is 2.21. The van der Waals surface area contributed by atoms with E-state index in [2.05, 4.69) is 0 Å². The zero-order valence-corrected chi connectivity index (χ0v) is 9.08. The molecule has 5 heteroatoms. The minimum absolute atomic E-state index is 0.279. The summed E-state index contributed by atoms with van der Waals surface area (Å²) in [5, 5.41) is 18.8. The maximum Gasteiger partial charge on any atom is 0.161 e. The fourth-order valence-electron chi connectivity index (χ4n) is 1.31. The Labute approximate surface area is 93.2 Å². The molecule has 1 aromatic rings. The second-order valence-electron chi connectivity index (χ2n) is 3.19. The van der Waals surface area contributed by atoms with Gasteiger partial charge in [0.2, 0.25) is 0 Å². The molecule has 0 radical (unpaired) electrons. The first kappa shape index (κ1) is 12.5. The molecule has 0 aliphatic rings. The summed E-state index contributed by atoms with van der Waals surface area (Å²) < 4.78 is 10.1. The van der Waals surface area contributed by atoms with Crippen molar-refractivity contribution in [3.63, 3.8) is 0 Å². The number of rotatable bonds is 5. The second kappa shape index (κ2) is 5.48. The Hall–Kier alpha value is -1.59. The van der Waals surface area contributed by atoms with Gasteiger partial charge in [-0.3, -0.25) is 0 Å². The smallest absolute Gasteiger partial charge is 0.161 e. The monoisotopic (exact) mass is 226 g/mol. The van der Waals surface area contributed by atoms with Gasteiger partial charge < -0.3 is 24.5 Å². The zero-order chi connectivity index (χ0) is 12.1. The average molecular weight is 226 g/mol. The molecule has 0 aliphatic heterocycles. The van der Waals surface area contributed by atoms with Crippen LogP contribution in [-0.4, -0.2) is 36.8 Å². The van der Waals surface area contributed by atoms with Crippen LogP contribution in [-0.2, 0) is 4.79 Å². The van der Waals surface area contributed by atoms with Crippen molar-refractivity contribution >= 4 is 6.29 Å². The molecule has 88 valence electrons. The number of aldehydes is 1. The first-order valence-electron chi connectivity index (χ1n) is 4.67. The highest BCUT2D eigenvalue weighted by Crippen LogP contribution is 2.30. The predicted octanol–water partition coefficient (Wildman–Crippen LogP) is 0.297. The Kier molecular flexibility index (Phi) is 4.28. The van der Waals surface area contributed by atoms with Gasteiger partial charge in [0.1, 0.15) is 12.2 Å². The molecule has 0 spiro atoms. The summed E-state index contributed by atoms with van der Waals surface area (Å²) in [5.74, 6) is 0.941. The van der Waals surface area contributed by atoms with Crippen LogP contribution < -0.4 is 9.47 Å². The van der Waals surface area contributed by atoms with Gasteiger partial charge in [-0.1, -0.05) is 6.07 Å². The zero-order valence-electron chi connectivity index (χ0n) is 9.08. The Morgan fingerprint density at radius 2 is 1.81 bits per heavy atom. The van der Waals surface area contributed by atoms with E-state index in [0.29, 0.717) is 17.1 Å². The van der Waals surface area contributed by atoms with Gasteiger partial charge in [-0.25, -0.2) is 0 Å². The Bertz CT molecular complexity index is 363. The average Bonchev–Trinajstić information content (AvgIpc) is 2.35. The molecule has 1 aromatic carbocycles. The van der Waals surface area contributed by atoms with Crippen LogP contribution in [0.1, 0.15) is 11.7 Å². The van der Waals surface area contributed by atoms with E-state index in [1.54, 1.807) is 12.1 Å². The van der Waals surface area contributed by atoms with E-state index in [-0.39, 0.29) is 6.29 Å². The van der Waals surface area contributed by atoms with Crippen molar-refractivity contribution in [2.75, 3.05) is 14.2 Å². The molecule has 2 atom stereocenters. The standard InChI is InChI=1S/C11H14O5/c1-15-9-4-3-7(5-10(9)16-2)11(14)8(13)6-12/h3-6,8,11,13-14H,1-2H3/t8-,11+/m0/s1. The third kappa shape index (κ3) is 2.50. The van der Waals surface area contributed by atoms with Gasteiger partial charge in [0.15, 0.2) is 17.8 Å². The Morgan fingerprint density at radius 1 is 1.19 bits per heavy atom. The summed E-state index contributed by atoms with van der Waals surface area (Å²) in [7, 11) is 2.96. The normalized spacial score (nSPS) is 14.0. The van der Waals surface area contributed by atoms with Crippen LogP contribution >= 0.6 is 0 Å². The van der Waals surface area contributed by atoms with E-state index in [1.807, 2.05) is 0 Å². The van der Waals surface area contributed by atoms with E-state index in [0.717, 1.165) is 0 Å². The fraction of sp³-hybridized carbons (Fsp3) is 0.364. The third-order valence-corrected chi connectivity index (χ3v) is 2.21. The largest absolute Gasteiger partial charge is 0.493 e. The molecular weight excluding hydrogens is 212 g/mol. The highest BCUT2D eigenvalue weighted by molar-refractivity contribution is 5.58. The first-order chi connectivity index (χ1) is 7.63. The molecule has 1 rings (SSSR count). The summed E-state index contributed by atoms with van der Waals surface area (Å²) in [6, 6.07) is 4.66. The lowest BCUT2D eigenvalue weighted by molar-refractivity contribution is -0.120. The minimum Gasteiger partial charge on any atom is -0.493 e. The second-order valence-corrected chi connectivity index (χ2v) is 3.19. The topological polar surface area (TPSA) is 76.0 Å². The molecule has 5 nitrogen and oxygen atoms in total. The number of aliphatic hydroxyl groups excluding tert-OH is 2. The minimum atomic E-state index is -1.45. The molecule has 0 aromatic heterocycles. The van der Waals surface area contributed by atoms with E-state index >= 15 is 0 Å². The van der Waals surface area contributed by atoms with Gasteiger partial charge in [0, 0.05) is 0 Å². The van der Waals surface area contributed by atoms with E-state index in [1.165, 1.54) is 20.3 Å². The number of aliphatic hydroxyl groups is 2. The Balaban J connectivity index is 3.02. The SMILES string of the molecule is COc1ccc([C@@H](O)[C@@H](O)C=O)cc1OC. The number of benzene rings is 1. The lowest BCUT2D eigenvalue weighted by Gasteiger charge is -2.15. The molecule has 0 saturated carbocycles.